The molecule has 228 valence electrons. The molecule has 0 rings (SSSR count). The number of aliphatic hydroxyl groups is 1. The van der Waals surface area contributed by atoms with Gasteiger partial charge < -0.3 is 9.84 Å². The molecule has 2 unspecified atom stereocenters. The van der Waals surface area contributed by atoms with Gasteiger partial charge in [0.2, 0.25) is 0 Å². The third kappa shape index (κ3) is 28.4. The molecule has 0 aromatic carbocycles. The van der Waals surface area contributed by atoms with E-state index in [9.17, 15) is 9.90 Å². The Hall–Kier alpha value is -0.570. The van der Waals surface area contributed by atoms with E-state index in [0.717, 1.165) is 51.4 Å². The minimum atomic E-state index is -0.161. The summed E-state index contributed by atoms with van der Waals surface area (Å²) in [5.41, 5.74) is 0. The topological polar surface area (TPSA) is 46.5 Å². The maximum atomic E-state index is 12.5. The molecule has 0 heterocycles. The lowest BCUT2D eigenvalue weighted by molar-refractivity contribution is -0.150. The molecule has 0 spiro atoms. The highest BCUT2D eigenvalue weighted by Crippen LogP contribution is 2.19. The summed E-state index contributed by atoms with van der Waals surface area (Å²) in [5.74, 6) is 0.000278. The highest BCUT2D eigenvalue weighted by atomic mass is 16.5. The van der Waals surface area contributed by atoms with Gasteiger partial charge in [-0.2, -0.15) is 0 Å². The van der Waals surface area contributed by atoms with Crippen LogP contribution in [0.1, 0.15) is 207 Å². The number of rotatable bonds is 31. The molecule has 3 heteroatoms. The van der Waals surface area contributed by atoms with Gasteiger partial charge in [0.25, 0.3) is 0 Å². The monoisotopic (exact) mass is 539 g/mol. The van der Waals surface area contributed by atoms with E-state index in [4.69, 9.17) is 4.74 Å². The van der Waals surface area contributed by atoms with Gasteiger partial charge in [0.05, 0.1) is 6.10 Å². The summed E-state index contributed by atoms with van der Waals surface area (Å²) in [5, 5.41) is 10.3. The number of unbranched alkanes of at least 4 members (excludes halogenated alkanes) is 20. The molecular formula is C35H70O3. The van der Waals surface area contributed by atoms with Gasteiger partial charge in [0.1, 0.15) is 6.10 Å². The molecule has 0 aromatic rings. The van der Waals surface area contributed by atoms with Gasteiger partial charge in [-0.05, 0) is 44.9 Å². The van der Waals surface area contributed by atoms with Gasteiger partial charge in [-0.3, -0.25) is 4.79 Å². The Labute approximate surface area is 239 Å². The van der Waals surface area contributed by atoms with Crippen LogP contribution in [0.15, 0.2) is 0 Å². The molecule has 3 nitrogen and oxygen atoms in total. The first-order chi connectivity index (χ1) is 18.6. The fraction of sp³-hybridized carbons (Fsp3) is 0.971. The second-order valence-corrected chi connectivity index (χ2v) is 12.1. The molecule has 2 atom stereocenters. The van der Waals surface area contributed by atoms with E-state index in [0.29, 0.717) is 6.42 Å². The van der Waals surface area contributed by atoms with Gasteiger partial charge in [0, 0.05) is 6.42 Å². The third-order valence-electron chi connectivity index (χ3n) is 8.12. The molecule has 0 bridgehead atoms. The molecule has 0 fully saturated rings. The average Bonchev–Trinajstić information content (AvgIpc) is 2.91. The largest absolute Gasteiger partial charge is 0.462 e. The number of esters is 1. The summed E-state index contributed by atoms with van der Waals surface area (Å²) in [6.45, 7) is 6.78. The highest BCUT2D eigenvalue weighted by molar-refractivity contribution is 5.69. The summed E-state index contributed by atoms with van der Waals surface area (Å²) in [6.07, 6.45) is 34.8. The zero-order valence-corrected chi connectivity index (χ0v) is 26.4. The SMILES string of the molecule is CCCCCCCCCCCC(O)CCCCCC(=O)OC(CCCCCC)CCCCCCCCCC. The Morgan fingerprint density at radius 1 is 0.474 bits per heavy atom. The Balaban J connectivity index is 3.85. The normalized spacial score (nSPS) is 13.1. The van der Waals surface area contributed by atoms with E-state index in [1.165, 1.54) is 128 Å². The van der Waals surface area contributed by atoms with Crippen molar-refractivity contribution in [2.45, 2.75) is 219 Å². The van der Waals surface area contributed by atoms with Crippen molar-refractivity contribution in [1.82, 2.24) is 0 Å². The van der Waals surface area contributed by atoms with Crippen LogP contribution in [0.4, 0.5) is 0 Å². The molecule has 0 saturated carbocycles. The predicted molar refractivity (Wildman–Crippen MR) is 167 cm³/mol. The first-order valence-electron chi connectivity index (χ1n) is 17.5. The van der Waals surface area contributed by atoms with Crippen molar-refractivity contribution in [3.63, 3.8) is 0 Å². The van der Waals surface area contributed by atoms with Crippen molar-refractivity contribution in [3.05, 3.63) is 0 Å². The Morgan fingerprint density at radius 3 is 1.21 bits per heavy atom. The number of aliphatic hydroxyl groups excluding tert-OH is 1. The van der Waals surface area contributed by atoms with Crippen molar-refractivity contribution in [3.8, 4) is 0 Å². The van der Waals surface area contributed by atoms with Gasteiger partial charge in [-0.15, -0.1) is 0 Å². The summed E-state index contributed by atoms with van der Waals surface area (Å²) in [6, 6.07) is 0. The lowest BCUT2D eigenvalue weighted by Gasteiger charge is -2.18. The van der Waals surface area contributed by atoms with E-state index in [1.807, 2.05) is 0 Å². The number of carbonyl (C=O) groups is 1. The molecule has 0 aliphatic rings. The van der Waals surface area contributed by atoms with E-state index in [1.54, 1.807) is 0 Å². The molecule has 0 radical (unpaired) electrons. The average molecular weight is 539 g/mol. The lowest BCUT2D eigenvalue weighted by Crippen LogP contribution is -2.18. The summed E-state index contributed by atoms with van der Waals surface area (Å²) >= 11 is 0. The summed E-state index contributed by atoms with van der Waals surface area (Å²) in [7, 11) is 0. The van der Waals surface area contributed by atoms with Crippen LogP contribution in [0.5, 0.6) is 0 Å². The zero-order chi connectivity index (χ0) is 27.9. The van der Waals surface area contributed by atoms with Crippen LogP contribution in [0.3, 0.4) is 0 Å². The Bertz CT molecular complexity index is 464. The van der Waals surface area contributed by atoms with Crippen LogP contribution in [-0.4, -0.2) is 23.3 Å². The van der Waals surface area contributed by atoms with E-state index in [2.05, 4.69) is 20.8 Å². The van der Waals surface area contributed by atoms with Gasteiger partial charge >= 0.3 is 5.97 Å². The first-order valence-corrected chi connectivity index (χ1v) is 17.5. The first kappa shape index (κ1) is 37.4. The molecule has 0 aromatic heterocycles. The molecule has 0 saturated heterocycles. The summed E-state index contributed by atoms with van der Waals surface area (Å²) in [4.78, 5) is 12.5. The maximum absolute atomic E-state index is 12.5. The number of carbonyl (C=O) groups excluding carboxylic acids is 1. The fourth-order valence-electron chi connectivity index (χ4n) is 5.47. The highest BCUT2D eigenvalue weighted by Gasteiger charge is 2.14. The molecule has 1 N–H and O–H groups in total. The van der Waals surface area contributed by atoms with Crippen molar-refractivity contribution in [2.24, 2.45) is 0 Å². The van der Waals surface area contributed by atoms with Crippen LogP contribution in [0, 0.1) is 0 Å². The molecule has 0 aliphatic carbocycles. The number of hydrogen-bond donors (Lipinski definition) is 1. The van der Waals surface area contributed by atoms with Crippen LogP contribution >= 0.6 is 0 Å². The predicted octanol–water partition coefficient (Wildman–Crippen LogP) is 11.6. The van der Waals surface area contributed by atoms with Crippen molar-refractivity contribution in [1.29, 1.82) is 0 Å². The van der Waals surface area contributed by atoms with E-state index >= 15 is 0 Å². The smallest absolute Gasteiger partial charge is 0.306 e. The fourth-order valence-corrected chi connectivity index (χ4v) is 5.47. The minimum absolute atomic E-state index is 0.000278. The lowest BCUT2D eigenvalue weighted by atomic mass is 10.0. The maximum Gasteiger partial charge on any atom is 0.306 e. The molecule has 0 aliphatic heterocycles. The van der Waals surface area contributed by atoms with Crippen molar-refractivity contribution in [2.75, 3.05) is 0 Å². The Morgan fingerprint density at radius 2 is 0.789 bits per heavy atom. The molecular weight excluding hydrogens is 468 g/mol. The van der Waals surface area contributed by atoms with Gasteiger partial charge in [0.15, 0.2) is 0 Å². The Kier molecular flexibility index (Phi) is 30.5. The van der Waals surface area contributed by atoms with E-state index in [-0.39, 0.29) is 18.2 Å². The van der Waals surface area contributed by atoms with Gasteiger partial charge in [-0.1, -0.05) is 156 Å². The quantitative estimate of drug-likeness (QED) is 0.0705. The third-order valence-corrected chi connectivity index (χ3v) is 8.12. The number of ether oxygens (including phenoxy) is 1. The summed E-state index contributed by atoms with van der Waals surface area (Å²) < 4.78 is 5.94. The van der Waals surface area contributed by atoms with E-state index < -0.39 is 0 Å². The minimum Gasteiger partial charge on any atom is -0.462 e. The van der Waals surface area contributed by atoms with Gasteiger partial charge in [-0.25, -0.2) is 0 Å². The van der Waals surface area contributed by atoms with Crippen LogP contribution in [0.25, 0.3) is 0 Å². The molecule has 38 heavy (non-hydrogen) atoms. The van der Waals surface area contributed by atoms with Crippen LogP contribution in [0.2, 0.25) is 0 Å². The molecule has 0 amide bonds. The van der Waals surface area contributed by atoms with Crippen molar-refractivity contribution >= 4 is 5.97 Å². The van der Waals surface area contributed by atoms with Crippen LogP contribution in [-0.2, 0) is 9.53 Å². The second kappa shape index (κ2) is 31.0. The van der Waals surface area contributed by atoms with Crippen molar-refractivity contribution < 1.29 is 14.6 Å². The second-order valence-electron chi connectivity index (χ2n) is 12.1. The number of hydrogen-bond acceptors (Lipinski definition) is 3. The van der Waals surface area contributed by atoms with Crippen LogP contribution < -0.4 is 0 Å². The standard InChI is InChI=1S/C35H70O3/c1-4-7-10-13-15-17-18-20-23-28-33(36)29-24-22-27-32-35(37)38-34(30-25-12-9-6-3)31-26-21-19-16-14-11-8-5-2/h33-34,36H,4-32H2,1-3H3. The zero-order valence-electron chi connectivity index (χ0n) is 26.4.